The summed E-state index contributed by atoms with van der Waals surface area (Å²) in [6, 6.07) is 4.51. The third kappa shape index (κ3) is 4.30. The van der Waals surface area contributed by atoms with Crippen molar-refractivity contribution in [2.75, 3.05) is 45.8 Å². The molecule has 0 N–H and O–H groups in total. The first-order chi connectivity index (χ1) is 12.1. The average molecular weight is 368 g/mol. The normalized spacial score (nSPS) is 19.4. The summed E-state index contributed by atoms with van der Waals surface area (Å²) >= 11 is 5.78. The summed E-state index contributed by atoms with van der Waals surface area (Å²) in [5, 5.41) is -0.0300. The van der Waals surface area contributed by atoms with Gasteiger partial charge in [-0.3, -0.25) is 14.5 Å². The van der Waals surface area contributed by atoms with Crippen molar-refractivity contribution < 1.29 is 14.0 Å². The Hall–Kier alpha value is -1.66. The van der Waals surface area contributed by atoms with E-state index in [1.165, 1.54) is 12.1 Å². The van der Waals surface area contributed by atoms with Gasteiger partial charge < -0.3 is 9.80 Å². The van der Waals surface area contributed by atoms with E-state index in [0.717, 1.165) is 45.6 Å². The van der Waals surface area contributed by atoms with E-state index in [0.29, 0.717) is 19.5 Å². The SMILES string of the molecule is O=C1CCCN1CCN1CCCN(C(=O)c2cccc(Cl)c2F)CC1. The Bertz CT molecular complexity index is 655. The fourth-order valence-corrected chi connectivity index (χ4v) is 3.61. The van der Waals surface area contributed by atoms with Crippen LogP contribution >= 0.6 is 11.6 Å². The summed E-state index contributed by atoms with van der Waals surface area (Å²) in [5.41, 5.74) is 0.0311. The van der Waals surface area contributed by atoms with Crippen LogP contribution < -0.4 is 0 Å². The highest BCUT2D eigenvalue weighted by Gasteiger charge is 2.24. The number of carbonyl (C=O) groups is 2. The molecule has 0 bridgehead atoms. The summed E-state index contributed by atoms with van der Waals surface area (Å²) in [4.78, 5) is 30.2. The van der Waals surface area contributed by atoms with E-state index in [4.69, 9.17) is 11.6 Å². The van der Waals surface area contributed by atoms with Crippen molar-refractivity contribution in [2.45, 2.75) is 19.3 Å². The maximum atomic E-state index is 14.1. The molecule has 136 valence electrons. The van der Waals surface area contributed by atoms with Crippen molar-refractivity contribution in [3.63, 3.8) is 0 Å². The van der Waals surface area contributed by atoms with E-state index in [1.54, 1.807) is 11.0 Å². The van der Waals surface area contributed by atoms with Crippen LogP contribution in [0.3, 0.4) is 0 Å². The lowest BCUT2D eigenvalue weighted by Crippen LogP contribution is -2.39. The van der Waals surface area contributed by atoms with Crippen LogP contribution in [-0.2, 0) is 4.79 Å². The van der Waals surface area contributed by atoms with Gasteiger partial charge in [-0.05, 0) is 31.5 Å². The number of likely N-dealkylation sites (tertiary alicyclic amines) is 1. The van der Waals surface area contributed by atoms with Gasteiger partial charge in [0.15, 0.2) is 5.82 Å². The van der Waals surface area contributed by atoms with Crippen LogP contribution in [0.5, 0.6) is 0 Å². The number of benzene rings is 1. The molecule has 0 radical (unpaired) electrons. The molecule has 2 amide bonds. The zero-order valence-electron chi connectivity index (χ0n) is 14.2. The molecule has 0 aliphatic carbocycles. The minimum atomic E-state index is -0.650. The minimum absolute atomic E-state index is 0.0300. The molecule has 0 aromatic heterocycles. The van der Waals surface area contributed by atoms with Gasteiger partial charge in [-0.2, -0.15) is 0 Å². The van der Waals surface area contributed by atoms with Gasteiger partial charge in [0.1, 0.15) is 0 Å². The fraction of sp³-hybridized carbons (Fsp3) is 0.556. The Morgan fingerprint density at radius 2 is 1.92 bits per heavy atom. The van der Waals surface area contributed by atoms with Crippen LogP contribution in [0, 0.1) is 5.82 Å². The minimum Gasteiger partial charge on any atom is -0.341 e. The van der Waals surface area contributed by atoms with Crippen LogP contribution in [0.4, 0.5) is 4.39 Å². The fourth-order valence-electron chi connectivity index (χ4n) is 3.44. The highest BCUT2D eigenvalue weighted by molar-refractivity contribution is 6.31. The molecular formula is C18H23ClFN3O2. The van der Waals surface area contributed by atoms with E-state index in [-0.39, 0.29) is 22.4 Å². The molecule has 5 nitrogen and oxygen atoms in total. The van der Waals surface area contributed by atoms with Crippen molar-refractivity contribution >= 4 is 23.4 Å². The number of nitrogens with zero attached hydrogens (tertiary/aromatic N) is 3. The van der Waals surface area contributed by atoms with E-state index >= 15 is 0 Å². The van der Waals surface area contributed by atoms with E-state index in [2.05, 4.69) is 4.90 Å². The number of halogens is 2. The molecule has 2 aliphatic rings. The predicted octanol–water partition coefficient (Wildman–Crippen LogP) is 2.25. The van der Waals surface area contributed by atoms with Crippen LogP contribution in [0.25, 0.3) is 0 Å². The monoisotopic (exact) mass is 367 g/mol. The van der Waals surface area contributed by atoms with Crippen LogP contribution in [0.1, 0.15) is 29.6 Å². The predicted molar refractivity (Wildman–Crippen MR) is 94.2 cm³/mol. The lowest BCUT2D eigenvalue weighted by atomic mass is 10.2. The summed E-state index contributed by atoms with van der Waals surface area (Å²) < 4.78 is 14.1. The molecule has 0 unspecified atom stereocenters. The molecule has 0 saturated carbocycles. The van der Waals surface area contributed by atoms with E-state index in [9.17, 15) is 14.0 Å². The maximum absolute atomic E-state index is 14.1. The second-order valence-corrected chi connectivity index (χ2v) is 6.98. The number of carbonyl (C=O) groups excluding carboxylic acids is 2. The first-order valence-electron chi connectivity index (χ1n) is 8.79. The number of hydrogen-bond acceptors (Lipinski definition) is 3. The molecule has 1 aromatic rings. The van der Waals surface area contributed by atoms with Crippen LogP contribution in [0.2, 0.25) is 5.02 Å². The number of rotatable bonds is 4. The molecular weight excluding hydrogens is 345 g/mol. The average Bonchev–Trinajstić information content (AvgIpc) is 2.87. The summed E-state index contributed by atoms with van der Waals surface area (Å²) in [7, 11) is 0. The zero-order valence-corrected chi connectivity index (χ0v) is 15.0. The Balaban J connectivity index is 1.55. The quantitative estimate of drug-likeness (QED) is 0.819. The highest BCUT2D eigenvalue weighted by atomic mass is 35.5. The molecule has 2 fully saturated rings. The van der Waals surface area contributed by atoms with Crippen molar-refractivity contribution in [3.8, 4) is 0 Å². The largest absolute Gasteiger partial charge is 0.341 e. The van der Waals surface area contributed by atoms with Gasteiger partial charge in [0.25, 0.3) is 5.91 Å². The maximum Gasteiger partial charge on any atom is 0.256 e. The number of amides is 2. The molecule has 1 aromatic carbocycles. The summed E-state index contributed by atoms with van der Waals surface area (Å²) in [6.45, 7) is 5.18. The van der Waals surface area contributed by atoms with E-state index in [1.807, 2.05) is 4.90 Å². The molecule has 2 heterocycles. The molecule has 0 spiro atoms. The number of hydrogen-bond donors (Lipinski definition) is 0. The van der Waals surface area contributed by atoms with Gasteiger partial charge in [0, 0.05) is 45.7 Å². The summed E-state index contributed by atoms with van der Waals surface area (Å²) in [6.07, 6.45) is 2.45. The lowest BCUT2D eigenvalue weighted by molar-refractivity contribution is -0.127. The summed E-state index contributed by atoms with van der Waals surface area (Å²) in [5.74, 6) is -0.720. The Morgan fingerprint density at radius 1 is 1.08 bits per heavy atom. The van der Waals surface area contributed by atoms with Gasteiger partial charge in [0.05, 0.1) is 10.6 Å². The molecule has 2 saturated heterocycles. The highest BCUT2D eigenvalue weighted by Crippen LogP contribution is 2.20. The van der Waals surface area contributed by atoms with E-state index < -0.39 is 5.82 Å². The van der Waals surface area contributed by atoms with Gasteiger partial charge >= 0.3 is 0 Å². The molecule has 7 heteroatoms. The Kier molecular flexibility index (Phi) is 5.91. The van der Waals surface area contributed by atoms with Crippen LogP contribution in [0.15, 0.2) is 18.2 Å². The molecule has 25 heavy (non-hydrogen) atoms. The molecule has 3 rings (SSSR count). The first kappa shape index (κ1) is 18.1. The van der Waals surface area contributed by atoms with Crippen molar-refractivity contribution in [2.24, 2.45) is 0 Å². The lowest BCUT2D eigenvalue weighted by Gasteiger charge is -2.24. The standard InChI is InChI=1S/C18H23ClFN3O2/c19-15-5-1-4-14(17(15)20)18(25)23-9-3-7-21(11-13-23)10-12-22-8-2-6-16(22)24/h1,4-5H,2-3,6-13H2. The topological polar surface area (TPSA) is 43.9 Å². The first-order valence-corrected chi connectivity index (χ1v) is 9.17. The second-order valence-electron chi connectivity index (χ2n) is 6.57. The Morgan fingerprint density at radius 3 is 2.68 bits per heavy atom. The zero-order chi connectivity index (χ0) is 17.8. The van der Waals surface area contributed by atoms with Crippen LogP contribution in [-0.4, -0.2) is 72.3 Å². The van der Waals surface area contributed by atoms with Crippen molar-refractivity contribution in [3.05, 3.63) is 34.6 Å². The molecule has 0 atom stereocenters. The van der Waals surface area contributed by atoms with Gasteiger partial charge in [-0.25, -0.2) is 4.39 Å². The third-order valence-electron chi connectivity index (χ3n) is 4.92. The van der Waals surface area contributed by atoms with Gasteiger partial charge in [0.2, 0.25) is 5.91 Å². The second kappa shape index (κ2) is 8.15. The van der Waals surface area contributed by atoms with Crippen molar-refractivity contribution in [1.82, 2.24) is 14.7 Å². The van der Waals surface area contributed by atoms with Crippen molar-refractivity contribution in [1.29, 1.82) is 0 Å². The Labute approximate surface area is 152 Å². The van der Waals surface area contributed by atoms with Gasteiger partial charge in [-0.1, -0.05) is 17.7 Å². The van der Waals surface area contributed by atoms with Gasteiger partial charge in [-0.15, -0.1) is 0 Å². The third-order valence-corrected chi connectivity index (χ3v) is 5.21. The molecule has 2 aliphatic heterocycles. The smallest absolute Gasteiger partial charge is 0.256 e.